The van der Waals surface area contributed by atoms with Gasteiger partial charge in [-0.1, -0.05) is 39.1 Å². The monoisotopic (exact) mass is 376 g/mol. The third-order valence-electron chi connectivity index (χ3n) is 4.54. The normalized spacial score (nSPS) is 31.6. The lowest BCUT2D eigenvalue weighted by Gasteiger charge is -2.27. The molecule has 108 valence electrons. The van der Waals surface area contributed by atoms with E-state index in [2.05, 4.69) is 21.2 Å². The summed E-state index contributed by atoms with van der Waals surface area (Å²) in [6.45, 7) is 0. The van der Waals surface area contributed by atoms with Crippen molar-refractivity contribution in [2.24, 2.45) is 23.5 Å². The van der Waals surface area contributed by atoms with Crippen molar-refractivity contribution in [2.75, 3.05) is 5.32 Å². The number of anilines is 1. The van der Waals surface area contributed by atoms with E-state index in [1.807, 2.05) is 0 Å². The van der Waals surface area contributed by atoms with Gasteiger partial charge in [0.25, 0.3) is 0 Å². The molecule has 2 aliphatic carbocycles. The van der Waals surface area contributed by atoms with Gasteiger partial charge in [0.15, 0.2) is 0 Å². The summed E-state index contributed by atoms with van der Waals surface area (Å²) in [7, 11) is 0. The number of rotatable bonds is 2. The highest BCUT2D eigenvalue weighted by Crippen LogP contribution is 2.48. The molecule has 1 aromatic carbocycles. The molecule has 2 saturated carbocycles. The molecule has 0 saturated heterocycles. The highest BCUT2D eigenvalue weighted by Gasteiger charge is 2.49. The van der Waals surface area contributed by atoms with Crippen LogP contribution in [-0.2, 0) is 4.79 Å². The molecule has 0 aliphatic heterocycles. The maximum atomic E-state index is 12.5. The molecular weight excluding hydrogens is 363 g/mol. The van der Waals surface area contributed by atoms with Crippen LogP contribution in [0, 0.1) is 17.8 Å². The van der Waals surface area contributed by atoms with E-state index in [1.165, 1.54) is 0 Å². The van der Waals surface area contributed by atoms with Crippen LogP contribution in [-0.4, -0.2) is 11.9 Å². The molecule has 0 spiro atoms. The number of amides is 1. The second-order valence-electron chi connectivity index (χ2n) is 5.67. The van der Waals surface area contributed by atoms with E-state index in [9.17, 15) is 4.79 Å². The van der Waals surface area contributed by atoms with E-state index in [0.29, 0.717) is 27.6 Å². The number of benzene rings is 1. The lowest BCUT2D eigenvalue weighted by molar-refractivity contribution is -0.121. The molecule has 0 radical (unpaired) electrons. The summed E-state index contributed by atoms with van der Waals surface area (Å²) in [6.07, 6.45) is 3.31. The molecule has 3 nitrogen and oxygen atoms in total. The van der Waals surface area contributed by atoms with Crippen LogP contribution in [0.4, 0.5) is 5.69 Å². The predicted octanol–water partition coefficient (Wildman–Crippen LogP) is 4.07. The molecule has 6 heteroatoms. The van der Waals surface area contributed by atoms with Crippen LogP contribution in [0.15, 0.2) is 16.6 Å². The maximum Gasteiger partial charge on any atom is 0.229 e. The Morgan fingerprint density at radius 2 is 1.85 bits per heavy atom. The Bertz CT molecular complexity index is 541. The van der Waals surface area contributed by atoms with Crippen LogP contribution >= 0.6 is 39.1 Å². The minimum absolute atomic E-state index is 0.0400. The molecule has 3 rings (SSSR count). The first-order valence-electron chi connectivity index (χ1n) is 6.68. The largest absolute Gasteiger partial charge is 0.327 e. The molecule has 2 fully saturated rings. The van der Waals surface area contributed by atoms with Crippen LogP contribution in [0.3, 0.4) is 0 Å². The predicted molar refractivity (Wildman–Crippen MR) is 85.1 cm³/mol. The Kier molecular flexibility index (Phi) is 4.01. The van der Waals surface area contributed by atoms with Gasteiger partial charge < -0.3 is 11.1 Å². The van der Waals surface area contributed by atoms with Crippen molar-refractivity contribution in [3.63, 3.8) is 0 Å². The van der Waals surface area contributed by atoms with E-state index >= 15 is 0 Å². The summed E-state index contributed by atoms with van der Waals surface area (Å²) >= 11 is 15.6. The molecule has 2 aliphatic rings. The van der Waals surface area contributed by atoms with Crippen molar-refractivity contribution in [1.82, 2.24) is 0 Å². The average Bonchev–Trinajstić information content (AvgIpc) is 2.94. The lowest BCUT2D eigenvalue weighted by Crippen LogP contribution is -2.42. The van der Waals surface area contributed by atoms with Gasteiger partial charge in [-0.25, -0.2) is 0 Å². The molecule has 4 unspecified atom stereocenters. The Balaban J connectivity index is 1.80. The van der Waals surface area contributed by atoms with Crippen LogP contribution in [0.5, 0.6) is 0 Å². The maximum absolute atomic E-state index is 12.5. The van der Waals surface area contributed by atoms with Gasteiger partial charge in [-0.05, 0) is 43.2 Å². The van der Waals surface area contributed by atoms with Gasteiger partial charge in [0.05, 0.1) is 21.7 Å². The van der Waals surface area contributed by atoms with E-state index < -0.39 is 0 Å². The number of nitrogens with one attached hydrogen (secondary N) is 1. The van der Waals surface area contributed by atoms with Crippen molar-refractivity contribution >= 4 is 50.7 Å². The first-order chi connectivity index (χ1) is 9.47. The van der Waals surface area contributed by atoms with Crippen molar-refractivity contribution in [2.45, 2.75) is 25.3 Å². The number of halogens is 3. The smallest absolute Gasteiger partial charge is 0.229 e. The second-order valence-corrected chi connectivity index (χ2v) is 7.40. The fourth-order valence-electron chi connectivity index (χ4n) is 3.59. The summed E-state index contributed by atoms with van der Waals surface area (Å²) in [5.41, 5.74) is 6.65. The standard InChI is InChI=1S/C14H15BrCl2N2O/c15-8-4-9(16)13(10(17)5-8)19-14(20)11-6-1-2-7(3-6)12(11)18/h4-7,11-12H,1-3,18H2,(H,19,20). The third-order valence-corrected chi connectivity index (χ3v) is 5.59. The summed E-state index contributed by atoms with van der Waals surface area (Å²) in [6, 6.07) is 3.38. The Morgan fingerprint density at radius 1 is 1.25 bits per heavy atom. The third kappa shape index (κ3) is 2.47. The molecule has 20 heavy (non-hydrogen) atoms. The molecule has 0 aromatic heterocycles. The zero-order valence-electron chi connectivity index (χ0n) is 10.7. The van der Waals surface area contributed by atoms with Crippen LogP contribution in [0.2, 0.25) is 10.0 Å². The highest BCUT2D eigenvalue weighted by atomic mass is 79.9. The van der Waals surface area contributed by atoms with Gasteiger partial charge in [-0.3, -0.25) is 4.79 Å². The molecule has 4 atom stereocenters. The summed E-state index contributed by atoms with van der Waals surface area (Å²) in [5, 5.41) is 3.71. The topological polar surface area (TPSA) is 55.1 Å². The SMILES string of the molecule is NC1C2CCC(C2)C1C(=O)Nc1c(Cl)cc(Br)cc1Cl. The number of hydrogen-bond acceptors (Lipinski definition) is 2. The van der Waals surface area contributed by atoms with Gasteiger partial charge in [-0.15, -0.1) is 0 Å². The fourth-order valence-corrected chi connectivity index (χ4v) is 4.90. The highest BCUT2D eigenvalue weighted by molar-refractivity contribution is 9.10. The fraction of sp³-hybridized carbons (Fsp3) is 0.500. The lowest BCUT2D eigenvalue weighted by atomic mass is 9.84. The Hall–Kier alpha value is -0.290. The van der Waals surface area contributed by atoms with Gasteiger partial charge in [0.2, 0.25) is 5.91 Å². The summed E-state index contributed by atoms with van der Waals surface area (Å²) in [4.78, 5) is 12.5. The zero-order valence-corrected chi connectivity index (χ0v) is 13.8. The van der Waals surface area contributed by atoms with Crippen molar-refractivity contribution in [1.29, 1.82) is 0 Å². The van der Waals surface area contributed by atoms with Crippen molar-refractivity contribution < 1.29 is 4.79 Å². The number of nitrogens with two attached hydrogens (primary N) is 1. The number of fused-ring (bicyclic) bond motifs is 2. The van der Waals surface area contributed by atoms with Crippen molar-refractivity contribution in [3.05, 3.63) is 26.7 Å². The van der Waals surface area contributed by atoms with Gasteiger partial charge in [0, 0.05) is 10.5 Å². The average molecular weight is 378 g/mol. The zero-order chi connectivity index (χ0) is 14.4. The molecule has 2 bridgehead atoms. The summed E-state index contributed by atoms with van der Waals surface area (Å²) in [5.74, 6) is 0.718. The van der Waals surface area contributed by atoms with E-state index in [1.54, 1.807) is 12.1 Å². The molecule has 3 N–H and O–H groups in total. The van der Waals surface area contributed by atoms with Gasteiger partial charge in [-0.2, -0.15) is 0 Å². The molecule has 1 aromatic rings. The first-order valence-corrected chi connectivity index (χ1v) is 8.23. The van der Waals surface area contributed by atoms with Crippen LogP contribution < -0.4 is 11.1 Å². The molecule has 1 amide bonds. The number of carbonyl (C=O) groups is 1. The van der Waals surface area contributed by atoms with Gasteiger partial charge in [0.1, 0.15) is 0 Å². The Labute approximate surface area is 136 Å². The Morgan fingerprint density at radius 3 is 2.40 bits per heavy atom. The number of carbonyl (C=O) groups excluding carboxylic acids is 1. The quantitative estimate of drug-likeness (QED) is 0.816. The minimum Gasteiger partial charge on any atom is -0.327 e. The van der Waals surface area contributed by atoms with Gasteiger partial charge >= 0.3 is 0 Å². The van der Waals surface area contributed by atoms with Crippen LogP contribution in [0.25, 0.3) is 0 Å². The second kappa shape index (κ2) is 5.48. The van der Waals surface area contributed by atoms with E-state index in [4.69, 9.17) is 28.9 Å². The van der Waals surface area contributed by atoms with E-state index in [-0.39, 0.29) is 17.9 Å². The van der Waals surface area contributed by atoms with Crippen LogP contribution in [0.1, 0.15) is 19.3 Å². The van der Waals surface area contributed by atoms with E-state index in [0.717, 1.165) is 23.7 Å². The minimum atomic E-state index is -0.121. The summed E-state index contributed by atoms with van der Waals surface area (Å²) < 4.78 is 0.780. The van der Waals surface area contributed by atoms with Crippen molar-refractivity contribution in [3.8, 4) is 0 Å². The molecule has 0 heterocycles. The molecular formula is C14H15BrCl2N2O. The first kappa shape index (κ1) is 14.6. The number of hydrogen-bond donors (Lipinski definition) is 2.